The van der Waals surface area contributed by atoms with Gasteiger partial charge in [0.1, 0.15) is 11.9 Å². The number of carbonyl (C=O) groups is 1. The number of amides is 1. The summed E-state index contributed by atoms with van der Waals surface area (Å²) in [5.41, 5.74) is 0.289. The maximum Gasteiger partial charge on any atom is 0.250 e. The Balaban J connectivity index is 1.80. The molecule has 1 aliphatic heterocycles. The Bertz CT molecular complexity index is 740. The van der Waals surface area contributed by atoms with Crippen LogP contribution in [0.15, 0.2) is 28.7 Å². The largest absolute Gasteiger partial charge is 0.418 e. The molecule has 2 aromatic rings. The summed E-state index contributed by atoms with van der Waals surface area (Å²) in [6, 6.07) is 6.13. The Hall–Kier alpha value is -2.24. The lowest BCUT2D eigenvalue weighted by molar-refractivity contribution is -0.137. The van der Waals surface area contributed by atoms with Crippen molar-refractivity contribution in [1.82, 2.24) is 15.1 Å². The van der Waals surface area contributed by atoms with Crippen LogP contribution < -0.4 is 0 Å². The lowest BCUT2D eigenvalue weighted by atomic mass is 9.96. The highest BCUT2D eigenvalue weighted by Gasteiger charge is 2.36. The molecule has 6 heteroatoms. The molecule has 1 aliphatic rings. The van der Waals surface area contributed by atoms with Gasteiger partial charge in [-0.3, -0.25) is 4.79 Å². The van der Waals surface area contributed by atoms with E-state index in [1.54, 1.807) is 18.2 Å². The fourth-order valence-electron chi connectivity index (χ4n) is 3.72. The summed E-state index contributed by atoms with van der Waals surface area (Å²) in [4.78, 5) is 14.9. The first-order chi connectivity index (χ1) is 12.7. The lowest BCUT2D eigenvalue weighted by Crippen LogP contribution is -2.36. The molecule has 1 aromatic carbocycles. The summed E-state index contributed by atoms with van der Waals surface area (Å²) in [5, 5.41) is 8.13. The zero-order chi connectivity index (χ0) is 18.5. The normalized spacial score (nSPS) is 17.2. The molecule has 1 amide bonds. The third-order valence-electron chi connectivity index (χ3n) is 4.99. The van der Waals surface area contributed by atoms with Crippen LogP contribution in [0.3, 0.4) is 0 Å². The summed E-state index contributed by atoms with van der Waals surface area (Å²) in [7, 11) is 0. The molecule has 0 N–H and O–H groups in total. The molecule has 0 bridgehead atoms. The van der Waals surface area contributed by atoms with E-state index in [0.29, 0.717) is 12.4 Å². The molecule has 2 heterocycles. The zero-order valence-corrected chi connectivity index (χ0v) is 15.4. The van der Waals surface area contributed by atoms with Crippen molar-refractivity contribution in [3.63, 3.8) is 0 Å². The van der Waals surface area contributed by atoms with Crippen molar-refractivity contribution in [2.24, 2.45) is 5.92 Å². The highest BCUT2D eigenvalue weighted by atomic mass is 19.1. The van der Waals surface area contributed by atoms with E-state index in [0.717, 1.165) is 38.5 Å². The number of nitrogens with zero attached hydrogens (tertiary/aromatic N) is 3. The summed E-state index contributed by atoms with van der Waals surface area (Å²) in [5.74, 6) is 0.409. The predicted molar refractivity (Wildman–Crippen MR) is 96.7 cm³/mol. The minimum Gasteiger partial charge on any atom is -0.418 e. The first-order valence-corrected chi connectivity index (χ1v) is 9.54. The zero-order valence-electron chi connectivity index (χ0n) is 15.4. The van der Waals surface area contributed by atoms with Crippen LogP contribution in [-0.2, 0) is 4.79 Å². The van der Waals surface area contributed by atoms with Crippen molar-refractivity contribution in [3.8, 4) is 11.5 Å². The Labute approximate surface area is 153 Å². The first-order valence-electron chi connectivity index (χ1n) is 9.54. The smallest absolute Gasteiger partial charge is 0.250 e. The SMILES string of the molecule is CCCC(CCC)C(=O)N1CCCC1c1nnc(-c2ccccc2F)o1. The Kier molecular flexibility index (Phi) is 6.01. The number of likely N-dealkylation sites (tertiary alicyclic amines) is 1. The quantitative estimate of drug-likeness (QED) is 0.715. The molecule has 0 spiro atoms. The van der Waals surface area contributed by atoms with Crippen molar-refractivity contribution < 1.29 is 13.6 Å². The highest BCUT2D eigenvalue weighted by molar-refractivity contribution is 5.79. The number of halogens is 1. The molecule has 1 unspecified atom stereocenters. The third-order valence-corrected chi connectivity index (χ3v) is 4.99. The second-order valence-electron chi connectivity index (χ2n) is 6.89. The summed E-state index contributed by atoms with van der Waals surface area (Å²) >= 11 is 0. The number of rotatable bonds is 7. The first kappa shape index (κ1) is 18.5. The fraction of sp³-hybridized carbons (Fsp3) is 0.550. The van der Waals surface area contributed by atoms with Crippen molar-refractivity contribution in [3.05, 3.63) is 36.0 Å². The van der Waals surface area contributed by atoms with E-state index in [-0.39, 0.29) is 29.3 Å². The van der Waals surface area contributed by atoms with Crippen LogP contribution in [0.25, 0.3) is 11.5 Å². The van der Waals surface area contributed by atoms with Gasteiger partial charge in [-0.25, -0.2) is 4.39 Å². The minimum absolute atomic E-state index is 0.0551. The molecular formula is C20H26FN3O2. The van der Waals surface area contributed by atoms with Crippen molar-refractivity contribution in [2.45, 2.75) is 58.4 Å². The van der Waals surface area contributed by atoms with Crippen LogP contribution in [-0.4, -0.2) is 27.5 Å². The molecule has 0 saturated carbocycles. The monoisotopic (exact) mass is 359 g/mol. The maximum atomic E-state index is 13.9. The van der Waals surface area contributed by atoms with Gasteiger partial charge in [0.25, 0.3) is 5.89 Å². The minimum atomic E-state index is -0.395. The van der Waals surface area contributed by atoms with Crippen LogP contribution in [0.4, 0.5) is 4.39 Å². The molecule has 26 heavy (non-hydrogen) atoms. The Morgan fingerprint density at radius 1 is 1.27 bits per heavy atom. The number of aromatic nitrogens is 2. The van der Waals surface area contributed by atoms with Crippen LogP contribution in [0, 0.1) is 11.7 Å². The molecule has 0 aliphatic carbocycles. The number of benzene rings is 1. The topological polar surface area (TPSA) is 59.2 Å². The highest BCUT2D eigenvalue weighted by Crippen LogP contribution is 2.35. The number of carbonyl (C=O) groups excluding carboxylic acids is 1. The van der Waals surface area contributed by atoms with E-state index >= 15 is 0 Å². The molecule has 1 aromatic heterocycles. The average Bonchev–Trinajstić information content (AvgIpc) is 3.30. The van der Waals surface area contributed by atoms with E-state index in [1.165, 1.54) is 6.07 Å². The summed E-state index contributed by atoms with van der Waals surface area (Å²) < 4.78 is 19.7. The van der Waals surface area contributed by atoms with E-state index in [9.17, 15) is 9.18 Å². The summed E-state index contributed by atoms with van der Waals surface area (Å²) in [6.45, 7) is 4.93. The van der Waals surface area contributed by atoms with Gasteiger partial charge in [0.05, 0.1) is 5.56 Å². The van der Waals surface area contributed by atoms with Gasteiger partial charge in [0.2, 0.25) is 11.8 Å². The van der Waals surface area contributed by atoms with Crippen LogP contribution in [0.5, 0.6) is 0 Å². The third kappa shape index (κ3) is 3.79. The fourth-order valence-corrected chi connectivity index (χ4v) is 3.72. The van der Waals surface area contributed by atoms with Gasteiger partial charge in [-0.1, -0.05) is 38.8 Å². The molecule has 3 rings (SSSR count). The lowest BCUT2D eigenvalue weighted by Gasteiger charge is -2.27. The van der Waals surface area contributed by atoms with Gasteiger partial charge in [0, 0.05) is 12.5 Å². The molecule has 1 fully saturated rings. The molecular weight excluding hydrogens is 333 g/mol. The van der Waals surface area contributed by atoms with Gasteiger partial charge >= 0.3 is 0 Å². The van der Waals surface area contributed by atoms with Gasteiger partial charge in [0.15, 0.2) is 0 Å². The standard InChI is InChI=1S/C20H26FN3O2/c1-3-8-14(9-4-2)20(25)24-13-7-12-17(24)19-23-22-18(26-19)15-10-5-6-11-16(15)21/h5-6,10-11,14,17H,3-4,7-9,12-13H2,1-2H3. The van der Waals surface area contributed by atoms with Crippen LogP contribution >= 0.6 is 0 Å². The van der Waals surface area contributed by atoms with Crippen LogP contribution in [0.1, 0.15) is 64.3 Å². The summed E-state index contributed by atoms with van der Waals surface area (Å²) in [6.07, 6.45) is 5.51. The Morgan fingerprint density at radius 2 is 2.00 bits per heavy atom. The average molecular weight is 359 g/mol. The van der Waals surface area contributed by atoms with Crippen molar-refractivity contribution in [2.75, 3.05) is 6.54 Å². The van der Waals surface area contributed by atoms with Crippen LogP contribution in [0.2, 0.25) is 0 Å². The van der Waals surface area contributed by atoms with Crippen molar-refractivity contribution in [1.29, 1.82) is 0 Å². The predicted octanol–water partition coefficient (Wildman–Crippen LogP) is 4.76. The van der Waals surface area contributed by atoms with E-state index in [4.69, 9.17) is 4.42 Å². The second kappa shape index (κ2) is 8.43. The molecule has 5 nitrogen and oxygen atoms in total. The van der Waals surface area contributed by atoms with E-state index in [2.05, 4.69) is 24.0 Å². The van der Waals surface area contributed by atoms with E-state index < -0.39 is 5.82 Å². The second-order valence-corrected chi connectivity index (χ2v) is 6.89. The Morgan fingerprint density at radius 3 is 2.69 bits per heavy atom. The molecule has 1 atom stereocenters. The molecule has 1 saturated heterocycles. The van der Waals surface area contributed by atoms with Crippen molar-refractivity contribution >= 4 is 5.91 Å². The van der Waals surface area contributed by atoms with Gasteiger partial charge in [-0.15, -0.1) is 10.2 Å². The number of hydrogen-bond donors (Lipinski definition) is 0. The number of hydrogen-bond acceptors (Lipinski definition) is 4. The van der Waals surface area contributed by atoms with Gasteiger partial charge in [-0.2, -0.15) is 0 Å². The molecule has 0 radical (unpaired) electrons. The van der Waals surface area contributed by atoms with Gasteiger partial charge < -0.3 is 9.32 Å². The molecule has 140 valence electrons. The van der Waals surface area contributed by atoms with Gasteiger partial charge in [-0.05, 0) is 37.8 Å². The van der Waals surface area contributed by atoms with E-state index in [1.807, 2.05) is 4.90 Å². The maximum absolute atomic E-state index is 13.9.